The Bertz CT molecular complexity index is 324. The van der Waals surface area contributed by atoms with E-state index in [1.54, 1.807) is 11.6 Å². The number of alkyl halides is 1. The van der Waals surface area contributed by atoms with Gasteiger partial charge in [0.05, 0.1) is 24.1 Å². The molecule has 0 fully saturated rings. The molecule has 0 aliphatic rings. The maximum Gasteiger partial charge on any atom is 0.132 e. The van der Waals surface area contributed by atoms with Crippen molar-refractivity contribution >= 4 is 23.2 Å². The molecule has 0 aliphatic heterocycles. The van der Waals surface area contributed by atoms with Crippen molar-refractivity contribution in [2.45, 2.75) is 12.3 Å². The van der Waals surface area contributed by atoms with E-state index in [0.29, 0.717) is 22.6 Å². The summed E-state index contributed by atoms with van der Waals surface area (Å²) < 4.78 is 1.68. The van der Waals surface area contributed by atoms with Gasteiger partial charge in [-0.1, -0.05) is 11.6 Å². The fraction of sp³-hybridized carbons (Fsp3) is 0.429. The molecule has 0 saturated heterocycles. The highest BCUT2D eigenvalue weighted by Gasteiger charge is 2.10. The molecule has 0 unspecified atom stereocenters. The van der Waals surface area contributed by atoms with Crippen molar-refractivity contribution in [1.29, 1.82) is 5.26 Å². The number of hydrogen-bond donors (Lipinski definition) is 0. The molecule has 0 saturated carbocycles. The Kier molecular flexibility index (Phi) is 2.96. The number of halogens is 2. The monoisotopic (exact) mass is 203 g/mol. The van der Waals surface area contributed by atoms with Crippen LogP contribution in [0.25, 0.3) is 0 Å². The van der Waals surface area contributed by atoms with E-state index in [9.17, 15) is 0 Å². The average molecular weight is 204 g/mol. The summed E-state index contributed by atoms with van der Waals surface area (Å²) in [7, 11) is 1.77. The quantitative estimate of drug-likeness (QED) is 0.690. The van der Waals surface area contributed by atoms with Crippen LogP contribution < -0.4 is 0 Å². The third kappa shape index (κ3) is 1.55. The summed E-state index contributed by atoms with van der Waals surface area (Å²) in [6.07, 6.45) is 0.226. The van der Waals surface area contributed by atoms with Gasteiger partial charge in [0.2, 0.25) is 0 Å². The van der Waals surface area contributed by atoms with Crippen LogP contribution >= 0.6 is 23.2 Å². The summed E-state index contributed by atoms with van der Waals surface area (Å²) in [4.78, 5) is 4.09. The van der Waals surface area contributed by atoms with Gasteiger partial charge < -0.3 is 4.57 Å². The van der Waals surface area contributed by atoms with Gasteiger partial charge in [0, 0.05) is 7.05 Å². The second-order valence-electron chi connectivity index (χ2n) is 2.29. The molecule has 3 nitrogen and oxygen atoms in total. The average Bonchev–Trinajstić information content (AvgIpc) is 2.33. The van der Waals surface area contributed by atoms with Crippen LogP contribution in [-0.2, 0) is 19.3 Å². The first-order valence-corrected chi connectivity index (χ1v) is 4.24. The first-order chi connectivity index (χ1) is 5.70. The Balaban J connectivity index is 3.09. The topological polar surface area (TPSA) is 41.6 Å². The van der Waals surface area contributed by atoms with Crippen LogP contribution in [0.4, 0.5) is 0 Å². The Morgan fingerprint density at radius 1 is 1.67 bits per heavy atom. The molecule has 0 bridgehead atoms. The molecule has 5 heteroatoms. The minimum atomic E-state index is 0.226. The number of hydrogen-bond acceptors (Lipinski definition) is 2. The fourth-order valence-electron chi connectivity index (χ4n) is 0.891. The normalized spacial score (nSPS) is 9.83. The smallest absolute Gasteiger partial charge is 0.132 e. The second-order valence-corrected chi connectivity index (χ2v) is 2.92. The molecule has 0 amide bonds. The molecule has 1 heterocycles. The molecule has 1 aromatic heterocycles. The summed E-state index contributed by atoms with van der Waals surface area (Å²) in [6, 6.07) is 1.99. The number of nitriles is 1. The Morgan fingerprint density at radius 2 is 2.33 bits per heavy atom. The molecule has 1 aromatic rings. The minimum absolute atomic E-state index is 0.226. The predicted octanol–water partition coefficient (Wildman–Crippen LogP) is 1.88. The van der Waals surface area contributed by atoms with Crippen LogP contribution in [0.1, 0.15) is 11.5 Å². The third-order valence-corrected chi connectivity index (χ3v) is 2.26. The van der Waals surface area contributed by atoms with Crippen LogP contribution in [0.5, 0.6) is 0 Å². The maximum absolute atomic E-state index is 8.43. The Labute approximate surface area is 80.5 Å². The lowest BCUT2D eigenvalue weighted by atomic mass is 10.4. The zero-order valence-corrected chi connectivity index (χ0v) is 8.02. The molecule has 12 heavy (non-hydrogen) atoms. The molecular formula is C7H7Cl2N3. The van der Waals surface area contributed by atoms with Crippen LogP contribution in [-0.4, -0.2) is 9.55 Å². The van der Waals surface area contributed by atoms with E-state index in [1.165, 1.54) is 0 Å². The summed E-state index contributed by atoms with van der Waals surface area (Å²) in [6.45, 7) is 0. The lowest BCUT2D eigenvalue weighted by Crippen LogP contribution is -1.93. The number of nitrogens with zero attached hydrogens (tertiary/aromatic N) is 3. The maximum atomic E-state index is 8.43. The van der Waals surface area contributed by atoms with Crippen molar-refractivity contribution in [3.8, 4) is 6.07 Å². The van der Waals surface area contributed by atoms with Crippen molar-refractivity contribution in [3.63, 3.8) is 0 Å². The highest BCUT2D eigenvalue weighted by Crippen LogP contribution is 2.17. The lowest BCUT2D eigenvalue weighted by Gasteiger charge is -1.95. The predicted molar refractivity (Wildman–Crippen MR) is 47.1 cm³/mol. The van der Waals surface area contributed by atoms with Gasteiger partial charge in [-0.15, -0.1) is 11.6 Å². The highest BCUT2D eigenvalue weighted by atomic mass is 35.5. The van der Waals surface area contributed by atoms with Gasteiger partial charge in [-0.25, -0.2) is 4.98 Å². The molecule has 0 radical (unpaired) electrons. The number of rotatable bonds is 2. The van der Waals surface area contributed by atoms with E-state index < -0.39 is 0 Å². The van der Waals surface area contributed by atoms with Crippen molar-refractivity contribution < 1.29 is 0 Å². The second kappa shape index (κ2) is 3.79. The number of imidazole rings is 1. The van der Waals surface area contributed by atoms with Gasteiger partial charge in [-0.05, 0) is 0 Å². The SMILES string of the molecule is Cn1c(CCl)nc(CC#N)c1Cl. The van der Waals surface area contributed by atoms with Crippen LogP contribution in [0.3, 0.4) is 0 Å². The molecule has 64 valence electrons. The summed E-state index contributed by atoms with van der Waals surface area (Å²) in [5, 5.41) is 8.92. The van der Waals surface area contributed by atoms with Gasteiger partial charge >= 0.3 is 0 Å². The molecule has 0 aliphatic carbocycles. The zero-order chi connectivity index (χ0) is 9.14. The number of aromatic nitrogens is 2. The van der Waals surface area contributed by atoms with Crippen molar-refractivity contribution in [1.82, 2.24) is 9.55 Å². The summed E-state index contributed by atoms with van der Waals surface area (Å²) >= 11 is 11.5. The molecule has 0 aromatic carbocycles. The van der Waals surface area contributed by atoms with E-state index >= 15 is 0 Å². The first kappa shape index (κ1) is 9.37. The lowest BCUT2D eigenvalue weighted by molar-refractivity contribution is 0.848. The van der Waals surface area contributed by atoms with Crippen molar-refractivity contribution in [2.75, 3.05) is 0 Å². The summed E-state index contributed by atoms with van der Waals surface area (Å²) in [5.74, 6) is 0.994. The van der Waals surface area contributed by atoms with Gasteiger partial charge in [-0.3, -0.25) is 0 Å². The Hall–Kier alpha value is -0.720. The van der Waals surface area contributed by atoms with Gasteiger partial charge in [0.1, 0.15) is 11.0 Å². The van der Waals surface area contributed by atoms with E-state index in [1.807, 2.05) is 6.07 Å². The van der Waals surface area contributed by atoms with Gasteiger partial charge in [-0.2, -0.15) is 5.26 Å². The fourth-order valence-corrected chi connectivity index (χ4v) is 1.34. The largest absolute Gasteiger partial charge is 0.321 e. The van der Waals surface area contributed by atoms with Crippen LogP contribution in [0.15, 0.2) is 0 Å². The Morgan fingerprint density at radius 3 is 2.75 bits per heavy atom. The molecule has 1 rings (SSSR count). The van der Waals surface area contributed by atoms with E-state index in [-0.39, 0.29) is 6.42 Å². The van der Waals surface area contributed by atoms with Crippen molar-refractivity contribution in [3.05, 3.63) is 16.7 Å². The van der Waals surface area contributed by atoms with Gasteiger partial charge in [0.15, 0.2) is 0 Å². The van der Waals surface area contributed by atoms with E-state index in [4.69, 9.17) is 28.5 Å². The standard InChI is InChI=1S/C7H7Cl2N3/c1-12-6(4-8)11-5(2-3-10)7(12)9/h2,4H2,1H3. The first-order valence-electron chi connectivity index (χ1n) is 3.33. The van der Waals surface area contributed by atoms with Gasteiger partial charge in [0.25, 0.3) is 0 Å². The van der Waals surface area contributed by atoms with Crippen LogP contribution in [0, 0.1) is 11.3 Å². The van der Waals surface area contributed by atoms with Crippen LogP contribution in [0.2, 0.25) is 5.15 Å². The minimum Gasteiger partial charge on any atom is -0.321 e. The van der Waals surface area contributed by atoms with Crippen molar-refractivity contribution in [2.24, 2.45) is 7.05 Å². The third-order valence-electron chi connectivity index (χ3n) is 1.55. The zero-order valence-electron chi connectivity index (χ0n) is 6.51. The molecule has 0 atom stereocenters. The highest BCUT2D eigenvalue weighted by molar-refractivity contribution is 6.30. The molecular weight excluding hydrogens is 197 g/mol. The van der Waals surface area contributed by atoms with E-state index in [2.05, 4.69) is 4.98 Å². The molecule has 0 spiro atoms. The molecule has 0 N–H and O–H groups in total. The summed E-state index contributed by atoms with van der Waals surface area (Å²) in [5.41, 5.74) is 0.595. The van der Waals surface area contributed by atoms with E-state index in [0.717, 1.165) is 0 Å².